The predicted octanol–water partition coefficient (Wildman–Crippen LogP) is 0.992. The van der Waals surface area contributed by atoms with Gasteiger partial charge in [0, 0.05) is 6.42 Å². The second-order valence-electron chi connectivity index (χ2n) is 5.36. The number of hydrogen-bond donors (Lipinski definition) is 3. The molecule has 104 valence electrons. The molecule has 0 aromatic carbocycles. The topological polar surface area (TPSA) is 78.4 Å². The monoisotopic (exact) mass is 256 g/mol. The number of aliphatic carboxylic acids is 1. The Hall–Kier alpha value is -1.10. The molecule has 1 saturated heterocycles. The van der Waals surface area contributed by atoms with Crippen LogP contribution in [0.5, 0.6) is 0 Å². The van der Waals surface area contributed by atoms with Crippen molar-refractivity contribution in [1.82, 2.24) is 10.6 Å². The van der Waals surface area contributed by atoms with E-state index in [1.165, 1.54) is 0 Å². The summed E-state index contributed by atoms with van der Waals surface area (Å²) in [6.07, 6.45) is 3.51. The maximum Gasteiger partial charge on any atom is 0.326 e. The molecule has 0 aliphatic carbocycles. The second-order valence-corrected chi connectivity index (χ2v) is 5.36. The fourth-order valence-corrected chi connectivity index (χ4v) is 2.26. The number of amides is 1. The Kier molecular flexibility index (Phi) is 6.12. The molecule has 1 atom stereocenters. The normalized spacial score (nSPS) is 18.6. The van der Waals surface area contributed by atoms with E-state index in [0.29, 0.717) is 12.3 Å². The van der Waals surface area contributed by atoms with E-state index in [1.54, 1.807) is 13.8 Å². The van der Waals surface area contributed by atoms with E-state index in [0.717, 1.165) is 32.4 Å². The lowest BCUT2D eigenvalue weighted by Gasteiger charge is -2.23. The van der Waals surface area contributed by atoms with Gasteiger partial charge in [0.15, 0.2) is 0 Å². The van der Waals surface area contributed by atoms with Crippen LogP contribution in [-0.2, 0) is 9.59 Å². The SMILES string of the molecule is CC(C)[C@@H](NC(=O)CCC1CCNCC1)C(=O)O. The molecule has 0 aromatic rings. The predicted molar refractivity (Wildman–Crippen MR) is 69.2 cm³/mol. The van der Waals surface area contributed by atoms with Gasteiger partial charge >= 0.3 is 5.97 Å². The van der Waals surface area contributed by atoms with Crippen LogP contribution in [0.2, 0.25) is 0 Å². The lowest BCUT2D eigenvalue weighted by Crippen LogP contribution is -2.44. The molecule has 0 radical (unpaired) electrons. The van der Waals surface area contributed by atoms with Crippen molar-refractivity contribution in [3.05, 3.63) is 0 Å². The first-order chi connectivity index (χ1) is 8.50. The van der Waals surface area contributed by atoms with Crippen molar-refractivity contribution in [2.75, 3.05) is 13.1 Å². The number of piperidine rings is 1. The molecular formula is C13H24N2O3. The van der Waals surface area contributed by atoms with E-state index in [2.05, 4.69) is 10.6 Å². The van der Waals surface area contributed by atoms with Crippen molar-refractivity contribution in [2.24, 2.45) is 11.8 Å². The fraction of sp³-hybridized carbons (Fsp3) is 0.846. The summed E-state index contributed by atoms with van der Waals surface area (Å²) >= 11 is 0. The van der Waals surface area contributed by atoms with E-state index >= 15 is 0 Å². The van der Waals surface area contributed by atoms with Gasteiger partial charge < -0.3 is 15.7 Å². The number of rotatable bonds is 6. The van der Waals surface area contributed by atoms with Crippen LogP contribution in [0, 0.1) is 11.8 Å². The summed E-state index contributed by atoms with van der Waals surface area (Å²) < 4.78 is 0. The van der Waals surface area contributed by atoms with Crippen molar-refractivity contribution >= 4 is 11.9 Å². The summed E-state index contributed by atoms with van der Waals surface area (Å²) in [5.74, 6) is -0.598. The zero-order chi connectivity index (χ0) is 13.5. The highest BCUT2D eigenvalue weighted by Gasteiger charge is 2.23. The molecule has 0 unspecified atom stereocenters. The first-order valence-corrected chi connectivity index (χ1v) is 6.73. The number of carboxylic acids is 1. The average molecular weight is 256 g/mol. The third kappa shape index (κ3) is 5.04. The maximum absolute atomic E-state index is 11.7. The van der Waals surface area contributed by atoms with Crippen LogP contribution in [0.3, 0.4) is 0 Å². The van der Waals surface area contributed by atoms with Gasteiger partial charge in [-0.3, -0.25) is 4.79 Å². The van der Waals surface area contributed by atoms with Crippen LogP contribution in [0.1, 0.15) is 39.5 Å². The highest BCUT2D eigenvalue weighted by molar-refractivity contribution is 5.83. The van der Waals surface area contributed by atoms with Crippen molar-refractivity contribution in [3.8, 4) is 0 Å². The van der Waals surface area contributed by atoms with Gasteiger partial charge in [-0.1, -0.05) is 13.8 Å². The Balaban J connectivity index is 2.29. The number of nitrogens with one attached hydrogen (secondary N) is 2. The minimum Gasteiger partial charge on any atom is -0.480 e. The van der Waals surface area contributed by atoms with Crippen molar-refractivity contribution in [2.45, 2.75) is 45.6 Å². The Morgan fingerprint density at radius 3 is 2.44 bits per heavy atom. The van der Waals surface area contributed by atoms with E-state index in [4.69, 9.17) is 5.11 Å². The summed E-state index contributed by atoms with van der Waals surface area (Å²) in [6, 6.07) is -0.773. The molecule has 1 heterocycles. The van der Waals surface area contributed by atoms with E-state index in [9.17, 15) is 9.59 Å². The molecule has 1 rings (SSSR count). The summed E-state index contributed by atoms with van der Waals surface area (Å²) in [5, 5.41) is 14.9. The molecule has 0 spiro atoms. The molecule has 1 amide bonds. The zero-order valence-electron chi connectivity index (χ0n) is 11.2. The van der Waals surface area contributed by atoms with Gasteiger partial charge in [0.05, 0.1) is 0 Å². The van der Waals surface area contributed by atoms with Crippen LogP contribution in [-0.4, -0.2) is 36.1 Å². The van der Waals surface area contributed by atoms with Crippen LogP contribution < -0.4 is 10.6 Å². The summed E-state index contributed by atoms with van der Waals surface area (Å²) in [5.41, 5.74) is 0. The smallest absolute Gasteiger partial charge is 0.326 e. The van der Waals surface area contributed by atoms with Crippen molar-refractivity contribution in [1.29, 1.82) is 0 Å². The van der Waals surface area contributed by atoms with Crippen molar-refractivity contribution < 1.29 is 14.7 Å². The minimum absolute atomic E-state index is 0.0923. The molecule has 0 aromatic heterocycles. The lowest BCUT2D eigenvalue weighted by atomic mass is 9.93. The Bertz CT molecular complexity index is 286. The maximum atomic E-state index is 11.7. The molecule has 1 aliphatic rings. The number of hydrogen-bond acceptors (Lipinski definition) is 3. The van der Waals surface area contributed by atoms with Gasteiger partial charge in [-0.25, -0.2) is 4.79 Å². The quantitative estimate of drug-likeness (QED) is 0.662. The molecule has 0 saturated carbocycles. The van der Waals surface area contributed by atoms with Gasteiger partial charge in [0.25, 0.3) is 0 Å². The van der Waals surface area contributed by atoms with Gasteiger partial charge in [-0.2, -0.15) is 0 Å². The molecular weight excluding hydrogens is 232 g/mol. The highest BCUT2D eigenvalue weighted by Crippen LogP contribution is 2.17. The number of carbonyl (C=O) groups excluding carboxylic acids is 1. The van der Waals surface area contributed by atoms with Crippen LogP contribution in [0.15, 0.2) is 0 Å². The molecule has 0 bridgehead atoms. The van der Waals surface area contributed by atoms with Gasteiger partial charge in [0.2, 0.25) is 5.91 Å². The first-order valence-electron chi connectivity index (χ1n) is 6.73. The van der Waals surface area contributed by atoms with E-state index in [1.807, 2.05) is 0 Å². The fourth-order valence-electron chi connectivity index (χ4n) is 2.26. The van der Waals surface area contributed by atoms with Crippen LogP contribution in [0.25, 0.3) is 0 Å². The summed E-state index contributed by atoms with van der Waals surface area (Å²) in [6.45, 7) is 5.64. The van der Waals surface area contributed by atoms with Crippen LogP contribution >= 0.6 is 0 Å². The molecule has 1 aliphatic heterocycles. The van der Waals surface area contributed by atoms with E-state index < -0.39 is 12.0 Å². The zero-order valence-corrected chi connectivity index (χ0v) is 11.2. The number of carbonyl (C=O) groups is 2. The molecule has 5 nitrogen and oxygen atoms in total. The summed E-state index contributed by atoms with van der Waals surface area (Å²) in [4.78, 5) is 22.7. The highest BCUT2D eigenvalue weighted by atomic mass is 16.4. The van der Waals surface area contributed by atoms with Crippen molar-refractivity contribution in [3.63, 3.8) is 0 Å². The Morgan fingerprint density at radius 2 is 1.94 bits per heavy atom. The Labute approximate surface area is 108 Å². The summed E-state index contributed by atoms with van der Waals surface area (Å²) in [7, 11) is 0. The Morgan fingerprint density at radius 1 is 1.33 bits per heavy atom. The van der Waals surface area contributed by atoms with Gasteiger partial charge in [0.1, 0.15) is 6.04 Å². The first kappa shape index (κ1) is 15.0. The molecule has 5 heteroatoms. The van der Waals surface area contributed by atoms with Gasteiger partial charge in [-0.15, -0.1) is 0 Å². The third-order valence-corrected chi connectivity index (χ3v) is 3.49. The minimum atomic E-state index is -0.958. The van der Waals surface area contributed by atoms with E-state index in [-0.39, 0.29) is 11.8 Å². The largest absolute Gasteiger partial charge is 0.480 e. The van der Waals surface area contributed by atoms with Gasteiger partial charge in [-0.05, 0) is 44.2 Å². The standard InChI is InChI=1S/C13H24N2O3/c1-9(2)12(13(17)18)15-11(16)4-3-10-5-7-14-8-6-10/h9-10,12,14H,3-8H2,1-2H3,(H,15,16)(H,17,18)/t12-/m1/s1. The van der Waals surface area contributed by atoms with Crippen LogP contribution in [0.4, 0.5) is 0 Å². The molecule has 1 fully saturated rings. The number of carboxylic acid groups (broad SMARTS) is 1. The third-order valence-electron chi connectivity index (χ3n) is 3.49. The average Bonchev–Trinajstić information content (AvgIpc) is 2.34. The molecule has 18 heavy (non-hydrogen) atoms. The second kappa shape index (κ2) is 7.36. The lowest BCUT2D eigenvalue weighted by molar-refractivity contribution is -0.143. The molecule has 3 N–H and O–H groups in total.